The van der Waals surface area contributed by atoms with E-state index in [1.54, 1.807) is 0 Å². The molecule has 0 atom stereocenters. The highest BCUT2D eigenvalue weighted by Crippen LogP contribution is 2.42. The zero-order chi connectivity index (χ0) is 23.0. The van der Waals surface area contributed by atoms with Crippen LogP contribution in [0.3, 0.4) is 0 Å². The molecule has 0 fully saturated rings. The normalized spacial score (nSPS) is 11.4. The highest BCUT2D eigenvalue weighted by molar-refractivity contribution is 7.16. The van der Waals surface area contributed by atoms with Gasteiger partial charge in [-0.05, 0) is 74.3 Å². The Hall–Kier alpha value is -2.06. The van der Waals surface area contributed by atoms with E-state index in [0.717, 1.165) is 19.4 Å². The Morgan fingerprint density at radius 2 is 1.61 bits per heavy atom. The van der Waals surface area contributed by atoms with Crippen LogP contribution in [0, 0.1) is 13.8 Å². The predicted molar refractivity (Wildman–Crippen MR) is 143 cm³/mol. The first-order valence-electron chi connectivity index (χ1n) is 11.9. The number of rotatable bonds is 7. The maximum absolute atomic E-state index is 2.51. The molecule has 1 aromatic carbocycles. The van der Waals surface area contributed by atoms with Gasteiger partial charge in [-0.3, -0.25) is 0 Å². The second kappa shape index (κ2) is 12.1. The SMILES string of the molecule is CC/C=C(/C(=C(C)C)c1ccccc1C)c1c(C)n(CCC)c2sccc12.CCCC. The number of aromatic nitrogens is 1. The van der Waals surface area contributed by atoms with Crippen molar-refractivity contribution < 1.29 is 0 Å². The Morgan fingerprint density at radius 3 is 2.16 bits per heavy atom. The van der Waals surface area contributed by atoms with Crippen molar-refractivity contribution in [1.29, 1.82) is 0 Å². The van der Waals surface area contributed by atoms with E-state index in [1.807, 2.05) is 11.3 Å². The summed E-state index contributed by atoms with van der Waals surface area (Å²) in [5, 5.41) is 3.64. The van der Waals surface area contributed by atoms with Gasteiger partial charge in [0.25, 0.3) is 0 Å². The van der Waals surface area contributed by atoms with Crippen molar-refractivity contribution in [3.05, 3.63) is 69.7 Å². The van der Waals surface area contributed by atoms with E-state index in [1.165, 1.54) is 62.2 Å². The molecule has 31 heavy (non-hydrogen) atoms. The fraction of sp³-hybridized carbons (Fsp3) is 0.448. The summed E-state index contributed by atoms with van der Waals surface area (Å²) < 4.78 is 2.51. The number of benzene rings is 1. The molecule has 2 aromatic heterocycles. The van der Waals surface area contributed by atoms with Crippen molar-refractivity contribution in [3.8, 4) is 0 Å². The first-order chi connectivity index (χ1) is 14.9. The third-order valence-corrected chi connectivity index (χ3v) is 6.67. The van der Waals surface area contributed by atoms with E-state index in [-0.39, 0.29) is 0 Å². The van der Waals surface area contributed by atoms with Crippen molar-refractivity contribution in [2.45, 2.75) is 87.6 Å². The Morgan fingerprint density at radius 1 is 0.935 bits per heavy atom. The lowest BCUT2D eigenvalue weighted by Crippen LogP contribution is -2.01. The van der Waals surface area contributed by atoms with Gasteiger partial charge in [-0.25, -0.2) is 0 Å². The minimum Gasteiger partial charge on any atom is -0.336 e. The molecular weight excluding hydrogens is 394 g/mol. The van der Waals surface area contributed by atoms with Crippen LogP contribution in [0.25, 0.3) is 21.4 Å². The van der Waals surface area contributed by atoms with E-state index in [9.17, 15) is 0 Å². The quantitative estimate of drug-likeness (QED) is 0.325. The van der Waals surface area contributed by atoms with Gasteiger partial charge in [0.1, 0.15) is 4.83 Å². The Bertz CT molecular complexity index is 1040. The molecule has 2 heteroatoms. The van der Waals surface area contributed by atoms with Crippen LogP contribution < -0.4 is 0 Å². The topological polar surface area (TPSA) is 4.93 Å². The van der Waals surface area contributed by atoms with Gasteiger partial charge in [0.15, 0.2) is 0 Å². The number of allylic oxidation sites excluding steroid dienone is 4. The van der Waals surface area contributed by atoms with Crippen molar-refractivity contribution >= 4 is 32.7 Å². The molecule has 0 aliphatic rings. The highest BCUT2D eigenvalue weighted by atomic mass is 32.1. The molecule has 0 spiro atoms. The van der Waals surface area contributed by atoms with E-state index in [0.29, 0.717) is 0 Å². The molecular formula is C29H41NS. The molecule has 2 heterocycles. The Labute approximate surface area is 194 Å². The van der Waals surface area contributed by atoms with Crippen LogP contribution in [0.2, 0.25) is 0 Å². The second-order valence-corrected chi connectivity index (χ2v) is 9.36. The Balaban J connectivity index is 0.000000785. The minimum absolute atomic E-state index is 1.03. The van der Waals surface area contributed by atoms with Crippen molar-refractivity contribution in [1.82, 2.24) is 4.57 Å². The lowest BCUT2D eigenvalue weighted by molar-refractivity contribution is 0.688. The fourth-order valence-corrected chi connectivity index (χ4v) is 5.07. The minimum atomic E-state index is 1.03. The Kier molecular flexibility index (Phi) is 9.84. The van der Waals surface area contributed by atoms with Crippen LogP contribution in [0.1, 0.15) is 89.6 Å². The molecule has 0 saturated heterocycles. The first kappa shape index (κ1) is 25.2. The maximum atomic E-state index is 2.51. The second-order valence-electron chi connectivity index (χ2n) is 8.47. The number of aryl methyl sites for hydroxylation is 2. The van der Waals surface area contributed by atoms with Crippen LogP contribution in [-0.4, -0.2) is 4.57 Å². The molecule has 0 N–H and O–H groups in total. The monoisotopic (exact) mass is 435 g/mol. The van der Waals surface area contributed by atoms with Crippen LogP contribution in [-0.2, 0) is 6.54 Å². The number of fused-ring (bicyclic) bond motifs is 1. The van der Waals surface area contributed by atoms with E-state index in [4.69, 9.17) is 0 Å². The van der Waals surface area contributed by atoms with Gasteiger partial charge in [0.05, 0.1) is 0 Å². The van der Waals surface area contributed by atoms with Crippen LogP contribution in [0.15, 0.2) is 47.4 Å². The maximum Gasteiger partial charge on any atom is 0.103 e. The van der Waals surface area contributed by atoms with Gasteiger partial charge in [0.2, 0.25) is 0 Å². The summed E-state index contributed by atoms with van der Waals surface area (Å²) in [5.74, 6) is 0. The van der Waals surface area contributed by atoms with Gasteiger partial charge < -0.3 is 4.57 Å². The standard InChI is InChI=1S/C25H31NS.C4H10/c1-7-11-21(23(17(3)4)20-13-10-9-12-18(20)5)24-19(6)26(15-8-2)25-22(24)14-16-27-25;1-3-4-2/h9-14,16H,7-8,15H2,1-6H3;3-4H2,1-2H3/b21-11-;. The number of hydrogen-bond donors (Lipinski definition) is 0. The van der Waals surface area contributed by atoms with Gasteiger partial charge in [-0.1, -0.05) is 76.5 Å². The molecule has 0 unspecified atom stereocenters. The molecule has 168 valence electrons. The van der Waals surface area contributed by atoms with Crippen LogP contribution in [0.5, 0.6) is 0 Å². The van der Waals surface area contributed by atoms with Gasteiger partial charge in [0, 0.05) is 23.2 Å². The van der Waals surface area contributed by atoms with Crippen molar-refractivity contribution in [2.75, 3.05) is 0 Å². The number of hydrogen-bond acceptors (Lipinski definition) is 1. The predicted octanol–water partition coefficient (Wildman–Crippen LogP) is 9.82. The lowest BCUT2D eigenvalue weighted by atomic mass is 9.86. The van der Waals surface area contributed by atoms with Crippen molar-refractivity contribution in [2.24, 2.45) is 0 Å². The van der Waals surface area contributed by atoms with E-state index >= 15 is 0 Å². The zero-order valence-electron chi connectivity index (χ0n) is 20.9. The molecule has 3 rings (SSSR count). The number of unbranched alkanes of at least 4 members (excludes halogenated alkanes) is 1. The third kappa shape index (κ3) is 5.60. The summed E-state index contributed by atoms with van der Waals surface area (Å²) in [4.78, 5) is 1.41. The summed E-state index contributed by atoms with van der Waals surface area (Å²) in [5.41, 5.74) is 9.65. The zero-order valence-corrected chi connectivity index (χ0v) is 21.7. The summed E-state index contributed by atoms with van der Waals surface area (Å²) >= 11 is 1.86. The number of nitrogens with zero attached hydrogens (tertiary/aromatic N) is 1. The summed E-state index contributed by atoms with van der Waals surface area (Å²) in [6, 6.07) is 11.1. The van der Waals surface area contributed by atoms with Gasteiger partial charge in [-0.15, -0.1) is 11.3 Å². The van der Waals surface area contributed by atoms with Crippen molar-refractivity contribution in [3.63, 3.8) is 0 Å². The fourth-order valence-electron chi connectivity index (χ4n) is 4.09. The molecule has 0 aliphatic carbocycles. The molecule has 0 radical (unpaired) electrons. The number of thiophene rings is 1. The lowest BCUT2D eigenvalue weighted by Gasteiger charge is -2.18. The van der Waals surface area contributed by atoms with E-state index in [2.05, 4.69) is 102 Å². The first-order valence-corrected chi connectivity index (χ1v) is 12.8. The largest absolute Gasteiger partial charge is 0.336 e. The average molecular weight is 436 g/mol. The third-order valence-electron chi connectivity index (χ3n) is 5.73. The van der Waals surface area contributed by atoms with Gasteiger partial charge in [-0.2, -0.15) is 0 Å². The molecule has 3 aromatic rings. The molecule has 0 aliphatic heterocycles. The van der Waals surface area contributed by atoms with Gasteiger partial charge >= 0.3 is 0 Å². The van der Waals surface area contributed by atoms with Crippen LogP contribution >= 0.6 is 11.3 Å². The average Bonchev–Trinajstić information content (AvgIpc) is 3.31. The molecule has 0 saturated carbocycles. The van der Waals surface area contributed by atoms with E-state index < -0.39 is 0 Å². The smallest absolute Gasteiger partial charge is 0.103 e. The van der Waals surface area contributed by atoms with Crippen LogP contribution in [0.4, 0.5) is 0 Å². The molecule has 0 bridgehead atoms. The summed E-state index contributed by atoms with van der Waals surface area (Å²) in [6.45, 7) is 18.9. The highest BCUT2D eigenvalue weighted by Gasteiger charge is 2.22. The molecule has 1 nitrogen and oxygen atoms in total. The molecule has 0 amide bonds. The summed E-state index contributed by atoms with van der Waals surface area (Å²) in [6.07, 6.45) is 7.24. The summed E-state index contributed by atoms with van der Waals surface area (Å²) in [7, 11) is 0.